The number of Topliss-reactive ketones (excluding diaryl/α,β-unsaturated/α-hetero) is 1. The molecule has 0 aromatic heterocycles. The molecule has 0 N–H and O–H groups in total. The summed E-state index contributed by atoms with van der Waals surface area (Å²) < 4.78 is 5.73. The van der Waals surface area contributed by atoms with Crippen LogP contribution < -0.4 is 4.74 Å². The van der Waals surface area contributed by atoms with E-state index in [1.165, 1.54) is 10.9 Å². The number of carbonyl (C=O) groups excluding carboxylic acids is 1. The van der Waals surface area contributed by atoms with E-state index in [2.05, 4.69) is 58.9 Å². The Kier molecular flexibility index (Phi) is 5.69. The Balaban J connectivity index is 2.54. The van der Waals surface area contributed by atoms with Crippen LogP contribution in [0.3, 0.4) is 0 Å². The third-order valence-electron chi connectivity index (χ3n) is 4.47. The van der Waals surface area contributed by atoms with Gasteiger partial charge in [-0.05, 0) is 47.6 Å². The van der Waals surface area contributed by atoms with Gasteiger partial charge in [0.05, 0.1) is 0 Å². The average molecular weight is 326 g/mol. The second-order valence-corrected chi connectivity index (χ2v) is 8.24. The Hall–Kier alpha value is -1.83. The van der Waals surface area contributed by atoms with Crippen LogP contribution in [-0.2, 0) is 4.79 Å². The van der Waals surface area contributed by atoms with E-state index in [-0.39, 0.29) is 17.8 Å². The maximum absolute atomic E-state index is 11.3. The SMILES string of the molecule is CC(=O)COc1cccc2c(C(CC(C)C)C(C)(C)C)cccc12. The molecule has 2 rings (SSSR count). The van der Waals surface area contributed by atoms with Gasteiger partial charge in [0, 0.05) is 5.39 Å². The lowest BCUT2D eigenvalue weighted by Gasteiger charge is -2.33. The van der Waals surface area contributed by atoms with Crippen LogP contribution in [0.2, 0.25) is 0 Å². The van der Waals surface area contributed by atoms with Crippen molar-refractivity contribution in [3.8, 4) is 5.75 Å². The van der Waals surface area contributed by atoms with E-state index in [1.54, 1.807) is 6.92 Å². The summed E-state index contributed by atoms with van der Waals surface area (Å²) in [7, 11) is 0. The van der Waals surface area contributed by atoms with Gasteiger partial charge < -0.3 is 4.74 Å². The zero-order valence-corrected chi connectivity index (χ0v) is 15.8. The predicted octanol–water partition coefficient (Wildman–Crippen LogP) is 5.98. The molecule has 0 saturated heterocycles. The van der Waals surface area contributed by atoms with E-state index in [0.717, 1.165) is 17.6 Å². The van der Waals surface area contributed by atoms with Crippen molar-refractivity contribution in [3.63, 3.8) is 0 Å². The molecule has 0 radical (unpaired) electrons. The first-order valence-electron chi connectivity index (χ1n) is 8.84. The molecular weight excluding hydrogens is 296 g/mol. The number of rotatable bonds is 6. The second-order valence-electron chi connectivity index (χ2n) is 8.24. The number of fused-ring (bicyclic) bond motifs is 1. The highest BCUT2D eigenvalue weighted by atomic mass is 16.5. The molecule has 2 heteroatoms. The van der Waals surface area contributed by atoms with Crippen LogP contribution in [0, 0.1) is 11.3 Å². The summed E-state index contributed by atoms with van der Waals surface area (Å²) in [6, 6.07) is 12.6. The van der Waals surface area contributed by atoms with Crippen molar-refractivity contribution in [1.82, 2.24) is 0 Å². The number of hydrogen-bond donors (Lipinski definition) is 0. The van der Waals surface area contributed by atoms with E-state index < -0.39 is 0 Å². The topological polar surface area (TPSA) is 26.3 Å². The normalized spacial score (nSPS) is 13.3. The highest BCUT2D eigenvalue weighted by Gasteiger charge is 2.28. The van der Waals surface area contributed by atoms with Crippen molar-refractivity contribution in [1.29, 1.82) is 0 Å². The van der Waals surface area contributed by atoms with Crippen LogP contribution in [0.1, 0.15) is 59.4 Å². The minimum absolute atomic E-state index is 0.0375. The van der Waals surface area contributed by atoms with Gasteiger partial charge in [-0.2, -0.15) is 0 Å². The third kappa shape index (κ3) is 4.37. The number of hydrogen-bond acceptors (Lipinski definition) is 2. The van der Waals surface area contributed by atoms with Crippen LogP contribution in [0.15, 0.2) is 36.4 Å². The van der Waals surface area contributed by atoms with E-state index in [1.807, 2.05) is 12.1 Å². The van der Waals surface area contributed by atoms with Crippen molar-refractivity contribution in [2.75, 3.05) is 6.61 Å². The quantitative estimate of drug-likeness (QED) is 0.652. The van der Waals surface area contributed by atoms with Crippen molar-refractivity contribution >= 4 is 16.6 Å². The van der Waals surface area contributed by atoms with Crippen LogP contribution in [0.5, 0.6) is 5.75 Å². The number of carbonyl (C=O) groups is 1. The molecule has 1 unspecified atom stereocenters. The summed E-state index contributed by atoms with van der Waals surface area (Å²) in [6.07, 6.45) is 1.15. The summed E-state index contributed by atoms with van der Waals surface area (Å²) >= 11 is 0. The van der Waals surface area contributed by atoms with Gasteiger partial charge >= 0.3 is 0 Å². The lowest BCUT2D eigenvalue weighted by Crippen LogP contribution is -2.20. The van der Waals surface area contributed by atoms with Gasteiger partial charge in [-0.15, -0.1) is 0 Å². The summed E-state index contributed by atoms with van der Waals surface area (Å²) in [5.41, 5.74) is 1.57. The van der Waals surface area contributed by atoms with Gasteiger partial charge in [0.15, 0.2) is 5.78 Å². The lowest BCUT2D eigenvalue weighted by molar-refractivity contribution is -0.118. The zero-order valence-electron chi connectivity index (χ0n) is 15.8. The molecule has 0 aliphatic carbocycles. The number of ether oxygens (including phenoxy) is 1. The lowest BCUT2D eigenvalue weighted by atomic mass is 9.71. The molecule has 0 bridgehead atoms. The molecule has 2 aromatic rings. The molecule has 24 heavy (non-hydrogen) atoms. The minimum Gasteiger partial charge on any atom is -0.485 e. The molecule has 0 spiro atoms. The molecule has 2 aromatic carbocycles. The zero-order chi connectivity index (χ0) is 17.9. The summed E-state index contributed by atoms with van der Waals surface area (Å²) in [4.78, 5) is 11.3. The Bertz CT molecular complexity index is 707. The van der Waals surface area contributed by atoms with Gasteiger partial charge in [-0.25, -0.2) is 0 Å². The minimum atomic E-state index is 0.0375. The van der Waals surface area contributed by atoms with Crippen LogP contribution >= 0.6 is 0 Å². The molecule has 1 atom stereocenters. The maximum Gasteiger partial charge on any atom is 0.167 e. The monoisotopic (exact) mass is 326 g/mol. The van der Waals surface area contributed by atoms with Crippen molar-refractivity contribution < 1.29 is 9.53 Å². The van der Waals surface area contributed by atoms with Crippen LogP contribution in [-0.4, -0.2) is 12.4 Å². The molecule has 0 saturated carbocycles. The first-order chi connectivity index (χ1) is 11.2. The molecule has 130 valence electrons. The van der Waals surface area contributed by atoms with Crippen molar-refractivity contribution in [2.45, 2.75) is 53.9 Å². The van der Waals surface area contributed by atoms with E-state index in [4.69, 9.17) is 4.74 Å². The summed E-state index contributed by atoms with van der Waals surface area (Å²) in [5, 5.41) is 2.33. The summed E-state index contributed by atoms with van der Waals surface area (Å²) in [5.74, 6) is 1.95. The Morgan fingerprint density at radius 3 is 2.25 bits per heavy atom. The highest BCUT2D eigenvalue weighted by molar-refractivity contribution is 5.91. The number of benzene rings is 2. The molecule has 0 aliphatic rings. The van der Waals surface area contributed by atoms with Gasteiger partial charge in [-0.3, -0.25) is 4.79 Å². The summed E-state index contributed by atoms with van der Waals surface area (Å²) in [6.45, 7) is 13.2. The Labute approximate surface area is 146 Å². The van der Waals surface area contributed by atoms with E-state index >= 15 is 0 Å². The van der Waals surface area contributed by atoms with Crippen LogP contribution in [0.4, 0.5) is 0 Å². The fourth-order valence-corrected chi connectivity index (χ4v) is 3.33. The molecule has 0 fully saturated rings. The molecule has 0 aliphatic heterocycles. The molecule has 0 amide bonds. The van der Waals surface area contributed by atoms with Gasteiger partial charge in [-0.1, -0.05) is 65.0 Å². The fraction of sp³-hybridized carbons (Fsp3) is 0.500. The first kappa shape index (κ1) is 18.5. The highest BCUT2D eigenvalue weighted by Crippen LogP contribution is 2.43. The maximum atomic E-state index is 11.3. The van der Waals surface area contributed by atoms with E-state index in [9.17, 15) is 4.79 Å². The van der Waals surface area contributed by atoms with Gasteiger partial charge in [0.2, 0.25) is 0 Å². The van der Waals surface area contributed by atoms with E-state index in [0.29, 0.717) is 11.8 Å². The average Bonchev–Trinajstić information content (AvgIpc) is 2.48. The fourth-order valence-electron chi connectivity index (χ4n) is 3.33. The second kappa shape index (κ2) is 7.38. The third-order valence-corrected chi connectivity index (χ3v) is 4.47. The predicted molar refractivity (Wildman–Crippen MR) is 102 cm³/mol. The molecule has 0 heterocycles. The number of ketones is 1. The van der Waals surface area contributed by atoms with Gasteiger partial charge in [0.1, 0.15) is 12.4 Å². The largest absolute Gasteiger partial charge is 0.485 e. The van der Waals surface area contributed by atoms with Crippen LogP contribution in [0.25, 0.3) is 10.8 Å². The Morgan fingerprint density at radius 2 is 1.67 bits per heavy atom. The molecule has 2 nitrogen and oxygen atoms in total. The standard InChI is InChI=1S/C22H30O2/c1-15(2)13-20(22(4,5)6)18-10-7-11-19-17(18)9-8-12-21(19)24-14-16(3)23/h7-12,15,20H,13-14H2,1-6H3. The van der Waals surface area contributed by atoms with Crippen molar-refractivity contribution in [3.05, 3.63) is 42.0 Å². The smallest absolute Gasteiger partial charge is 0.167 e. The first-order valence-corrected chi connectivity index (χ1v) is 8.84. The molecular formula is C22H30O2. The van der Waals surface area contributed by atoms with Gasteiger partial charge in [0.25, 0.3) is 0 Å². The Morgan fingerprint density at radius 1 is 1.04 bits per heavy atom. The van der Waals surface area contributed by atoms with Crippen molar-refractivity contribution in [2.24, 2.45) is 11.3 Å².